The summed E-state index contributed by atoms with van der Waals surface area (Å²) in [5.74, 6) is 3.54. The van der Waals surface area contributed by atoms with Gasteiger partial charge in [-0.2, -0.15) is 5.10 Å². The molecule has 1 aromatic rings. The van der Waals surface area contributed by atoms with Crippen LogP contribution in [0, 0.1) is 29.6 Å². The fourth-order valence-electron chi connectivity index (χ4n) is 6.65. The number of amides is 3. The van der Waals surface area contributed by atoms with Crippen LogP contribution in [0.1, 0.15) is 77.1 Å². The van der Waals surface area contributed by atoms with Crippen LogP contribution < -0.4 is 15.4 Å². The van der Waals surface area contributed by atoms with Crippen LogP contribution in [0.5, 0.6) is 5.88 Å². The van der Waals surface area contributed by atoms with Crippen LogP contribution in [0.25, 0.3) is 6.20 Å². The van der Waals surface area contributed by atoms with E-state index in [-0.39, 0.29) is 18.0 Å². The van der Waals surface area contributed by atoms with Crippen LogP contribution in [-0.2, 0) is 4.74 Å². The fraction of sp³-hybridized carbons (Fsp3) is 0.759. The van der Waals surface area contributed by atoms with Crippen LogP contribution in [-0.4, -0.2) is 71.6 Å². The molecule has 1 heterocycles. The molecule has 212 valence electrons. The first-order chi connectivity index (χ1) is 18.1. The Labute approximate surface area is 227 Å². The third-order valence-electron chi connectivity index (χ3n) is 8.37. The van der Waals surface area contributed by atoms with Crippen molar-refractivity contribution < 1.29 is 19.1 Å². The highest BCUT2D eigenvalue weighted by Crippen LogP contribution is 2.53. The van der Waals surface area contributed by atoms with Gasteiger partial charge < -0.3 is 25.0 Å². The lowest BCUT2D eigenvalue weighted by Crippen LogP contribution is -2.55. The lowest BCUT2D eigenvalue weighted by atomic mass is 9.54. The second-order valence-electron chi connectivity index (χ2n) is 12.5. The van der Waals surface area contributed by atoms with Crippen molar-refractivity contribution in [1.82, 2.24) is 25.3 Å². The molecule has 0 aromatic carbocycles. The van der Waals surface area contributed by atoms with E-state index in [1.165, 1.54) is 32.1 Å². The molecule has 38 heavy (non-hydrogen) atoms. The normalized spacial score (nSPS) is 26.2. The van der Waals surface area contributed by atoms with Crippen LogP contribution in [0.4, 0.5) is 4.79 Å². The summed E-state index contributed by atoms with van der Waals surface area (Å²) in [6.07, 6.45) is 11.6. The molecule has 0 saturated heterocycles. The van der Waals surface area contributed by atoms with Gasteiger partial charge in [-0.25, -0.2) is 9.48 Å². The Bertz CT molecular complexity index is 973. The molecule has 0 radical (unpaired) electrons. The van der Waals surface area contributed by atoms with Gasteiger partial charge in [-0.1, -0.05) is 13.8 Å². The predicted molar refractivity (Wildman–Crippen MR) is 148 cm³/mol. The number of hydrogen-bond donors (Lipinski definition) is 2. The summed E-state index contributed by atoms with van der Waals surface area (Å²) in [7, 11) is 1.62. The van der Waals surface area contributed by atoms with Gasteiger partial charge >= 0.3 is 6.03 Å². The molecular formula is C29H47N5O4. The van der Waals surface area contributed by atoms with E-state index in [1.807, 2.05) is 26.8 Å². The van der Waals surface area contributed by atoms with Gasteiger partial charge in [0.05, 0.1) is 24.9 Å². The Kier molecular flexibility index (Phi) is 9.06. The molecule has 9 nitrogen and oxygen atoms in total. The number of rotatable bonds is 12. The van der Waals surface area contributed by atoms with Crippen molar-refractivity contribution in [1.29, 1.82) is 0 Å². The average molecular weight is 530 g/mol. The van der Waals surface area contributed by atoms with Gasteiger partial charge in [-0.15, -0.1) is 0 Å². The third kappa shape index (κ3) is 6.71. The highest BCUT2D eigenvalue weighted by molar-refractivity contribution is 5.96. The highest BCUT2D eigenvalue weighted by atomic mass is 16.5. The van der Waals surface area contributed by atoms with Crippen LogP contribution in [0.15, 0.2) is 12.3 Å². The molecule has 4 aliphatic rings. The third-order valence-corrected chi connectivity index (χ3v) is 8.37. The maximum atomic E-state index is 13.5. The molecule has 4 bridgehead atoms. The molecule has 3 amide bonds. The van der Waals surface area contributed by atoms with E-state index in [0.29, 0.717) is 55.5 Å². The predicted octanol–water partition coefficient (Wildman–Crippen LogP) is 4.40. The van der Waals surface area contributed by atoms with Crippen molar-refractivity contribution in [2.75, 3.05) is 33.4 Å². The van der Waals surface area contributed by atoms with E-state index >= 15 is 0 Å². The van der Waals surface area contributed by atoms with Crippen molar-refractivity contribution in [3.8, 4) is 5.88 Å². The number of carbonyl (C=O) groups excluding carboxylic acids is 2. The summed E-state index contributed by atoms with van der Waals surface area (Å²) in [6.45, 7) is 12.0. The van der Waals surface area contributed by atoms with Gasteiger partial charge in [0.15, 0.2) is 0 Å². The van der Waals surface area contributed by atoms with Crippen molar-refractivity contribution in [3.63, 3.8) is 0 Å². The number of carbonyl (C=O) groups is 2. The maximum Gasteiger partial charge on any atom is 0.318 e. The minimum atomic E-state index is -0.651. The zero-order chi connectivity index (χ0) is 27.4. The molecule has 0 aliphatic heterocycles. The lowest BCUT2D eigenvalue weighted by Gasteiger charge is -2.54. The highest BCUT2D eigenvalue weighted by Gasteiger charge is 2.48. The Morgan fingerprint density at radius 3 is 2.42 bits per heavy atom. The molecule has 2 N–H and O–H groups in total. The number of nitrogens with zero attached hydrogens (tertiary/aromatic N) is 3. The minimum absolute atomic E-state index is 0.106. The largest absolute Gasteiger partial charge is 0.477 e. The minimum Gasteiger partial charge on any atom is -0.477 e. The van der Waals surface area contributed by atoms with Gasteiger partial charge in [0.25, 0.3) is 5.91 Å². The Balaban J connectivity index is 1.47. The van der Waals surface area contributed by atoms with Gasteiger partial charge in [0.1, 0.15) is 5.56 Å². The molecule has 9 heteroatoms. The number of methoxy groups -OCH3 is 1. The summed E-state index contributed by atoms with van der Waals surface area (Å²) in [6, 6.07) is 0.0904. The van der Waals surface area contributed by atoms with E-state index < -0.39 is 5.54 Å². The van der Waals surface area contributed by atoms with Crippen molar-refractivity contribution in [2.45, 2.75) is 78.3 Å². The van der Waals surface area contributed by atoms with Gasteiger partial charge in [0.2, 0.25) is 5.88 Å². The first-order valence-electron chi connectivity index (χ1n) is 14.4. The van der Waals surface area contributed by atoms with Gasteiger partial charge in [0, 0.05) is 32.4 Å². The lowest BCUT2D eigenvalue weighted by molar-refractivity contribution is -0.0120. The fourth-order valence-corrected chi connectivity index (χ4v) is 6.65. The second kappa shape index (κ2) is 12.1. The number of ether oxygens (including phenoxy) is 2. The number of nitrogens with one attached hydrogen (secondary N) is 2. The number of hydrogen-bond acceptors (Lipinski definition) is 5. The number of likely N-dealkylation sites (N-methyl/N-ethyl adjacent to an activating group) is 1. The Morgan fingerprint density at radius 1 is 1.18 bits per heavy atom. The van der Waals surface area contributed by atoms with Crippen LogP contribution in [0.2, 0.25) is 0 Å². The molecule has 4 aliphatic carbocycles. The summed E-state index contributed by atoms with van der Waals surface area (Å²) in [5, 5.41) is 10.9. The maximum absolute atomic E-state index is 13.5. The Hall–Kier alpha value is -2.55. The zero-order valence-electron chi connectivity index (χ0n) is 24.0. The number of aromatic nitrogens is 2. The first-order valence-corrected chi connectivity index (χ1v) is 14.4. The topological polar surface area (TPSA) is 97.7 Å². The summed E-state index contributed by atoms with van der Waals surface area (Å²) in [5.41, 5.74) is -0.190. The SMILES string of the molecule is CCN(CCOC)C(=O)NC(C)(C)/C=C/n1ncc(C(=O)NC2C3CC4CC(C3)CC2C4)c1OCC(C)C. The first kappa shape index (κ1) is 28.5. The monoisotopic (exact) mass is 529 g/mol. The van der Waals surface area contributed by atoms with Crippen LogP contribution in [0.3, 0.4) is 0 Å². The Morgan fingerprint density at radius 2 is 1.84 bits per heavy atom. The quantitative estimate of drug-likeness (QED) is 0.418. The smallest absolute Gasteiger partial charge is 0.318 e. The summed E-state index contributed by atoms with van der Waals surface area (Å²) < 4.78 is 12.8. The molecular weight excluding hydrogens is 482 g/mol. The zero-order valence-corrected chi connectivity index (χ0v) is 24.0. The molecule has 4 fully saturated rings. The van der Waals surface area contributed by atoms with E-state index in [1.54, 1.807) is 29.1 Å². The van der Waals surface area contributed by atoms with E-state index in [2.05, 4.69) is 29.6 Å². The number of urea groups is 1. The average Bonchev–Trinajstić information content (AvgIpc) is 3.26. The molecule has 0 unspecified atom stereocenters. The van der Waals surface area contributed by atoms with Gasteiger partial charge in [-0.05, 0) is 88.5 Å². The standard InChI is InChI=1S/C29H47N5O4/c1-7-33(10-11-37-6)28(36)32-29(4,5)8-9-34-27(38-18-19(2)3)24(17-30-34)26(35)31-25-22-13-20-12-21(15-22)16-23(25)14-20/h8-9,17,19-23,25H,7,10-16,18H2,1-6H3,(H,31,35)(H,32,36)/b9-8+. The van der Waals surface area contributed by atoms with Crippen molar-refractivity contribution >= 4 is 18.1 Å². The van der Waals surface area contributed by atoms with Crippen LogP contribution >= 0.6 is 0 Å². The van der Waals surface area contributed by atoms with E-state index in [9.17, 15) is 9.59 Å². The second-order valence-corrected chi connectivity index (χ2v) is 12.5. The van der Waals surface area contributed by atoms with Crippen molar-refractivity contribution in [3.05, 3.63) is 17.8 Å². The molecule has 0 atom stereocenters. The summed E-state index contributed by atoms with van der Waals surface area (Å²) in [4.78, 5) is 28.0. The summed E-state index contributed by atoms with van der Waals surface area (Å²) >= 11 is 0. The van der Waals surface area contributed by atoms with Gasteiger partial charge in [-0.3, -0.25) is 4.79 Å². The molecule has 0 spiro atoms. The molecule has 5 rings (SSSR count). The molecule has 4 saturated carbocycles. The van der Waals surface area contributed by atoms with Crippen molar-refractivity contribution in [2.24, 2.45) is 29.6 Å². The molecule has 1 aromatic heterocycles. The van der Waals surface area contributed by atoms with E-state index in [4.69, 9.17) is 9.47 Å². The van der Waals surface area contributed by atoms with E-state index in [0.717, 1.165) is 11.8 Å².